The van der Waals surface area contributed by atoms with Crippen LogP contribution in [0.1, 0.15) is 33.1 Å². The number of hydrogen-bond donors (Lipinski definition) is 2. The summed E-state index contributed by atoms with van der Waals surface area (Å²) >= 11 is 9.27. The van der Waals surface area contributed by atoms with E-state index in [9.17, 15) is 0 Å². The molecule has 6 heteroatoms. The molecule has 0 bridgehead atoms. The van der Waals surface area contributed by atoms with Crippen LogP contribution in [0.3, 0.4) is 0 Å². The Balaban J connectivity index is 2.32. The molecule has 0 unspecified atom stereocenters. The maximum atomic E-state index is 8.70. The monoisotopic (exact) mass is 362 g/mol. The van der Waals surface area contributed by atoms with Crippen molar-refractivity contribution < 1.29 is 9.94 Å². The van der Waals surface area contributed by atoms with Crippen LogP contribution in [0.5, 0.6) is 5.75 Å². The second kappa shape index (κ2) is 7.74. The molecule has 0 aliphatic carbocycles. The Kier molecular flexibility index (Phi) is 6.62. The topological polar surface area (TPSA) is 67.8 Å². The molecule has 112 valence electrons. The quantitative estimate of drug-likeness (QED) is 0.248. The zero-order valence-electron chi connectivity index (χ0n) is 11.7. The van der Waals surface area contributed by atoms with Crippen LogP contribution >= 0.6 is 27.5 Å². The lowest BCUT2D eigenvalue weighted by Crippen LogP contribution is -2.31. The van der Waals surface area contributed by atoms with Crippen LogP contribution < -0.4 is 10.5 Å². The molecule has 0 saturated carbocycles. The number of nitrogens with two attached hydrogens (primary N) is 1. The Bertz CT molecular complexity index is 478. The number of nitrogens with zero attached hydrogens (tertiary/aromatic N) is 1. The van der Waals surface area contributed by atoms with Gasteiger partial charge in [0.1, 0.15) is 11.6 Å². The van der Waals surface area contributed by atoms with E-state index in [1.807, 2.05) is 19.9 Å². The molecule has 20 heavy (non-hydrogen) atoms. The van der Waals surface area contributed by atoms with Gasteiger partial charge in [-0.15, -0.1) is 0 Å². The van der Waals surface area contributed by atoms with Gasteiger partial charge in [0.2, 0.25) is 0 Å². The summed E-state index contributed by atoms with van der Waals surface area (Å²) in [6.45, 7) is 4.53. The fraction of sp³-hybridized carbons (Fsp3) is 0.500. The van der Waals surface area contributed by atoms with Gasteiger partial charge in [0.05, 0.1) is 11.1 Å². The number of unbranched alkanes of at least 4 members (excludes halogenated alkanes) is 1. The molecule has 0 aromatic heterocycles. The molecule has 0 spiro atoms. The van der Waals surface area contributed by atoms with Gasteiger partial charge in [-0.25, -0.2) is 0 Å². The summed E-state index contributed by atoms with van der Waals surface area (Å²) in [6.07, 6.45) is 2.68. The maximum absolute atomic E-state index is 8.70. The fourth-order valence-corrected chi connectivity index (χ4v) is 2.50. The largest absolute Gasteiger partial charge is 0.492 e. The Morgan fingerprint density at radius 3 is 2.75 bits per heavy atom. The fourth-order valence-electron chi connectivity index (χ4n) is 1.71. The van der Waals surface area contributed by atoms with E-state index in [0.717, 1.165) is 29.5 Å². The van der Waals surface area contributed by atoms with Crippen molar-refractivity contribution in [2.24, 2.45) is 16.3 Å². The van der Waals surface area contributed by atoms with Crippen LogP contribution in [-0.4, -0.2) is 17.6 Å². The van der Waals surface area contributed by atoms with E-state index >= 15 is 0 Å². The van der Waals surface area contributed by atoms with Crippen LogP contribution in [0.2, 0.25) is 5.02 Å². The molecule has 3 N–H and O–H groups in total. The van der Waals surface area contributed by atoms with Gasteiger partial charge in [-0.3, -0.25) is 0 Å². The van der Waals surface area contributed by atoms with Gasteiger partial charge in [0.15, 0.2) is 0 Å². The lowest BCUT2D eigenvalue weighted by Gasteiger charge is -2.22. The van der Waals surface area contributed by atoms with Crippen molar-refractivity contribution in [3.05, 3.63) is 27.7 Å². The smallest absolute Gasteiger partial charge is 0.144 e. The summed E-state index contributed by atoms with van der Waals surface area (Å²) in [5, 5.41) is 12.4. The molecule has 0 saturated heterocycles. The molecule has 1 aromatic rings. The third-order valence-corrected chi connectivity index (χ3v) is 4.00. The summed E-state index contributed by atoms with van der Waals surface area (Å²) in [5.41, 5.74) is 5.34. The van der Waals surface area contributed by atoms with Crippen molar-refractivity contribution in [3.63, 3.8) is 0 Å². The average molecular weight is 364 g/mol. The van der Waals surface area contributed by atoms with E-state index in [2.05, 4.69) is 21.1 Å². The molecule has 0 fully saturated rings. The highest BCUT2D eigenvalue weighted by Crippen LogP contribution is 2.28. The number of ether oxygens (including phenoxy) is 1. The summed E-state index contributed by atoms with van der Waals surface area (Å²) in [5.74, 6) is 1.05. The number of benzene rings is 1. The first-order chi connectivity index (χ1) is 9.36. The second-order valence-electron chi connectivity index (χ2n) is 5.25. The average Bonchev–Trinajstić information content (AvgIpc) is 2.39. The van der Waals surface area contributed by atoms with Gasteiger partial charge in [-0.1, -0.05) is 30.6 Å². The normalized spacial score (nSPS) is 12.5. The predicted octanol–water partition coefficient (Wildman–Crippen LogP) is 4.42. The summed E-state index contributed by atoms with van der Waals surface area (Å²) in [6, 6.07) is 5.44. The molecule has 0 aliphatic rings. The number of oxime groups is 1. The minimum atomic E-state index is -0.296. The van der Waals surface area contributed by atoms with E-state index < -0.39 is 0 Å². The van der Waals surface area contributed by atoms with E-state index in [1.165, 1.54) is 0 Å². The standard InChI is InChI=1S/C14H20BrClN2O2/c1-14(2,13(17)18-19)7-3-4-8-20-12-6-5-10(16)9-11(12)15/h5-6,9,19H,3-4,7-8H2,1-2H3,(H2,17,18). The summed E-state index contributed by atoms with van der Waals surface area (Å²) < 4.78 is 6.53. The molecular formula is C14H20BrClN2O2. The second-order valence-corrected chi connectivity index (χ2v) is 6.54. The first-order valence-electron chi connectivity index (χ1n) is 6.42. The minimum absolute atomic E-state index is 0.263. The molecule has 1 rings (SSSR count). The van der Waals surface area contributed by atoms with Crippen LogP contribution in [0, 0.1) is 5.41 Å². The summed E-state index contributed by atoms with van der Waals surface area (Å²) in [4.78, 5) is 0. The molecular weight excluding hydrogens is 344 g/mol. The van der Waals surface area contributed by atoms with Crippen LogP contribution in [0.4, 0.5) is 0 Å². The Morgan fingerprint density at radius 1 is 1.45 bits per heavy atom. The number of rotatable bonds is 7. The van der Waals surface area contributed by atoms with Crippen molar-refractivity contribution in [3.8, 4) is 5.75 Å². The third kappa shape index (κ3) is 5.21. The van der Waals surface area contributed by atoms with E-state index in [1.54, 1.807) is 12.1 Å². The highest BCUT2D eigenvalue weighted by atomic mass is 79.9. The van der Waals surface area contributed by atoms with E-state index in [4.69, 9.17) is 27.3 Å². The molecule has 1 aromatic carbocycles. The van der Waals surface area contributed by atoms with Crippen molar-refractivity contribution >= 4 is 33.4 Å². The first-order valence-corrected chi connectivity index (χ1v) is 7.60. The van der Waals surface area contributed by atoms with Gasteiger partial charge in [0, 0.05) is 10.4 Å². The van der Waals surface area contributed by atoms with Gasteiger partial charge in [-0.05, 0) is 53.4 Å². The lowest BCUT2D eigenvalue weighted by atomic mass is 9.86. The molecule has 0 radical (unpaired) electrons. The zero-order chi connectivity index (χ0) is 15.2. The Morgan fingerprint density at radius 2 is 2.15 bits per heavy atom. The van der Waals surface area contributed by atoms with Crippen LogP contribution in [0.25, 0.3) is 0 Å². The summed E-state index contributed by atoms with van der Waals surface area (Å²) in [7, 11) is 0. The molecule has 0 atom stereocenters. The van der Waals surface area contributed by atoms with Gasteiger partial charge in [-0.2, -0.15) is 0 Å². The first kappa shape index (κ1) is 17.1. The minimum Gasteiger partial charge on any atom is -0.492 e. The Labute approximate surface area is 133 Å². The van der Waals surface area contributed by atoms with E-state index in [0.29, 0.717) is 11.6 Å². The van der Waals surface area contributed by atoms with Crippen molar-refractivity contribution in [1.82, 2.24) is 0 Å². The zero-order valence-corrected chi connectivity index (χ0v) is 14.0. The van der Waals surface area contributed by atoms with Gasteiger partial charge in [0.25, 0.3) is 0 Å². The lowest BCUT2D eigenvalue weighted by molar-refractivity contribution is 0.287. The SMILES string of the molecule is CC(C)(CCCCOc1ccc(Cl)cc1Br)/C(N)=N/O. The Hall–Kier alpha value is -0.940. The molecule has 0 amide bonds. The number of amidine groups is 1. The highest BCUT2D eigenvalue weighted by Gasteiger charge is 2.22. The van der Waals surface area contributed by atoms with Gasteiger partial charge >= 0.3 is 0 Å². The number of halogens is 2. The predicted molar refractivity (Wildman–Crippen MR) is 85.7 cm³/mol. The van der Waals surface area contributed by atoms with Crippen LogP contribution in [-0.2, 0) is 0 Å². The molecule has 0 aliphatic heterocycles. The van der Waals surface area contributed by atoms with Gasteiger partial charge < -0.3 is 15.7 Å². The highest BCUT2D eigenvalue weighted by molar-refractivity contribution is 9.10. The van der Waals surface area contributed by atoms with Crippen molar-refractivity contribution in [2.45, 2.75) is 33.1 Å². The molecule has 0 heterocycles. The van der Waals surface area contributed by atoms with Crippen LogP contribution in [0.15, 0.2) is 27.8 Å². The van der Waals surface area contributed by atoms with E-state index in [-0.39, 0.29) is 11.3 Å². The maximum Gasteiger partial charge on any atom is 0.144 e. The van der Waals surface area contributed by atoms with Crippen molar-refractivity contribution in [2.75, 3.05) is 6.61 Å². The number of hydrogen-bond acceptors (Lipinski definition) is 3. The molecule has 4 nitrogen and oxygen atoms in total. The third-order valence-electron chi connectivity index (χ3n) is 3.15. The van der Waals surface area contributed by atoms with Crippen molar-refractivity contribution in [1.29, 1.82) is 0 Å².